The molecule has 146 valence electrons. The SMILES string of the molecule is CCc1ccc([C@H](C)NC(=O)CN(c2ccccc2OC)S(C)(=O)=O)cc1. The van der Waals surface area contributed by atoms with Gasteiger partial charge in [0.25, 0.3) is 0 Å². The summed E-state index contributed by atoms with van der Waals surface area (Å²) < 4.78 is 30.8. The number of para-hydroxylation sites is 2. The minimum Gasteiger partial charge on any atom is -0.495 e. The van der Waals surface area contributed by atoms with Crippen LogP contribution in [0.1, 0.15) is 31.0 Å². The molecular formula is C20H26N2O4S. The van der Waals surface area contributed by atoms with Crippen molar-refractivity contribution in [3.05, 3.63) is 59.7 Å². The number of hydrogen-bond donors (Lipinski definition) is 1. The summed E-state index contributed by atoms with van der Waals surface area (Å²) in [5.74, 6) is -0.00247. The van der Waals surface area contributed by atoms with E-state index in [1.807, 2.05) is 31.2 Å². The third kappa shape index (κ3) is 5.47. The Balaban J connectivity index is 2.16. The van der Waals surface area contributed by atoms with E-state index < -0.39 is 15.9 Å². The number of nitrogens with one attached hydrogen (secondary N) is 1. The lowest BCUT2D eigenvalue weighted by molar-refractivity contribution is -0.120. The molecule has 1 atom stereocenters. The highest BCUT2D eigenvalue weighted by Gasteiger charge is 2.24. The number of carbonyl (C=O) groups excluding carboxylic acids is 1. The van der Waals surface area contributed by atoms with Crippen LogP contribution in [0.5, 0.6) is 5.75 Å². The Bertz CT molecular complexity index is 879. The van der Waals surface area contributed by atoms with Gasteiger partial charge >= 0.3 is 0 Å². The largest absolute Gasteiger partial charge is 0.495 e. The summed E-state index contributed by atoms with van der Waals surface area (Å²) in [6.45, 7) is 3.63. The number of methoxy groups -OCH3 is 1. The number of hydrogen-bond acceptors (Lipinski definition) is 4. The molecule has 0 spiro atoms. The Morgan fingerprint density at radius 3 is 2.33 bits per heavy atom. The van der Waals surface area contributed by atoms with Gasteiger partial charge in [0.2, 0.25) is 15.9 Å². The second kappa shape index (κ2) is 8.90. The molecule has 0 saturated heterocycles. The van der Waals surface area contributed by atoms with E-state index in [4.69, 9.17) is 4.74 Å². The fourth-order valence-corrected chi connectivity index (χ4v) is 3.62. The predicted octanol–water partition coefficient (Wildman–Crippen LogP) is 2.90. The summed E-state index contributed by atoms with van der Waals surface area (Å²) >= 11 is 0. The molecule has 0 heterocycles. The Hall–Kier alpha value is -2.54. The van der Waals surface area contributed by atoms with Crippen LogP contribution < -0.4 is 14.4 Å². The van der Waals surface area contributed by atoms with Crippen molar-refractivity contribution in [2.45, 2.75) is 26.3 Å². The lowest BCUT2D eigenvalue weighted by Gasteiger charge is -2.24. The van der Waals surface area contributed by atoms with Crippen molar-refractivity contribution in [1.29, 1.82) is 0 Å². The van der Waals surface area contributed by atoms with Gasteiger partial charge in [0.15, 0.2) is 0 Å². The van der Waals surface area contributed by atoms with E-state index in [9.17, 15) is 13.2 Å². The summed E-state index contributed by atoms with van der Waals surface area (Å²) in [6, 6.07) is 14.5. The molecule has 0 saturated carbocycles. The van der Waals surface area contributed by atoms with Crippen LogP contribution in [0.15, 0.2) is 48.5 Å². The van der Waals surface area contributed by atoms with E-state index >= 15 is 0 Å². The summed E-state index contributed by atoms with van der Waals surface area (Å²) in [4.78, 5) is 12.5. The van der Waals surface area contributed by atoms with Crippen LogP contribution in [0.3, 0.4) is 0 Å². The molecule has 2 aromatic carbocycles. The number of amides is 1. The molecule has 0 bridgehead atoms. The number of benzene rings is 2. The highest BCUT2D eigenvalue weighted by Crippen LogP contribution is 2.29. The van der Waals surface area contributed by atoms with Gasteiger partial charge in [0, 0.05) is 0 Å². The van der Waals surface area contributed by atoms with Crippen molar-refractivity contribution in [3.63, 3.8) is 0 Å². The molecule has 0 aliphatic heterocycles. The minimum atomic E-state index is -3.66. The van der Waals surface area contributed by atoms with Crippen molar-refractivity contribution in [3.8, 4) is 5.75 Å². The molecule has 1 amide bonds. The normalized spacial score (nSPS) is 12.3. The first-order valence-electron chi connectivity index (χ1n) is 8.75. The maximum absolute atomic E-state index is 12.5. The molecule has 0 unspecified atom stereocenters. The molecule has 0 radical (unpaired) electrons. The average molecular weight is 391 g/mol. The highest BCUT2D eigenvalue weighted by atomic mass is 32.2. The summed E-state index contributed by atoms with van der Waals surface area (Å²) in [7, 11) is -2.20. The van der Waals surface area contributed by atoms with Crippen LogP contribution in [0.25, 0.3) is 0 Å². The Labute approximate surface area is 161 Å². The van der Waals surface area contributed by atoms with Crippen LogP contribution in [0.2, 0.25) is 0 Å². The first-order chi connectivity index (χ1) is 12.8. The number of ether oxygens (including phenoxy) is 1. The zero-order valence-electron chi connectivity index (χ0n) is 16.1. The smallest absolute Gasteiger partial charge is 0.241 e. The predicted molar refractivity (Wildman–Crippen MR) is 108 cm³/mol. The van der Waals surface area contributed by atoms with Gasteiger partial charge in [0.1, 0.15) is 12.3 Å². The summed E-state index contributed by atoms with van der Waals surface area (Å²) in [5, 5.41) is 2.86. The van der Waals surface area contributed by atoms with E-state index in [1.165, 1.54) is 12.7 Å². The second-order valence-corrected chi connectivity index (χ2v) is 8.23. The lowest BCUT2D eigenvalue weighted by atomic mass is 10.1. The van der Waals surface area contributed by atoms with Gasteiger partial charge in [-0.1, -0.05) is 43.3 Å². The number of anilines is 1. The molecule has 0 aliphatic rings. The van der Waals surface area contributed by atoms with Gasteiger partial charge in [-0.2, -0.15) is 0 Å². The van der Waals surface area contributed by atoms with E-state index in [2.05, 4.69) is 12.2 Å². The Morgan fingerprint density at radius 2 is 1.78 bits per heavy atom. The minimum absolute atomic E-state index is 0.234. The fourth-order valence-electron chi connectivity index (χ4n) is 2.76. The van der Waals surface area contributed by atoms with Gasteiger partial charge in [-0.15, -0.1) is 0 Å². The Morgan fingerprint density at radius 1 is 1.15 bits per heavy atom. The van der Waals surface area contributed by atoms with Gasteiger partial charge in [-0.05, 0) is 36.6 Å². The quantitative estimate of drug-likeness (QED) is 0.752. The third-order valence-corrected chi connectivity index (χ3v) is 5.43. The van der Waals surface area contributed by atoms with Gasteiger partial charge in [0.05, 0.1) is 25.1 Å². The molecule has 0 aliphatic carbocycles. The van der Waals surface area contributed by atoms with Crippen molar-refractivity contribution in [2.75, 3.05) is 24.2 Å². The van der Waals surface area contributed by atoms with Crippen molar-refractivity contribution in [2.24, 2.45) is 0 Å². The maximum Gasteiger partial charge on any atom is 0.241 e. The summed E-state index contributed by atoms with van der Waals surface area (Å²) in [6.07, 6.45) is 2.02. The number of aryl methyl sites for hydroxylation is 1. The second-order valence-electron chi connectivity index (χ2n) is 6.33. The molecule has 0 fully saturated rings. The van der Waals surface area contributed by atoms with Crippen LogP contribution >= 0.6 is 0 Å². The van der Waals surface area contributed by atoms with Crippen LogP contribution in [0.4, 0.5) is 5.69 Å². The molecule has 2 rings (SSSR count). The van der Waals surface area contributed by atoms with Crippen molar-refractivity contribution < 1.29 is 17.9 Å². The van der Waals surface area contributed by atoms with E-state index in [-0.39, 0.29) is 12.6 Å². The van der Waals surface area contributed by atoms with Crippen LogP contribution in [0, 0.1) is 0 Å². The fraction of sp³-hybridized carbons (Fsp3) is 0.350. The molecule has 27 heavy (non-hydrogen) atoms. The van der Waals surface area contributed by atoms with E-state index in [0.717, 1.165) is 22.5 Å². The number of rotatable bonds is 8. The molecule has 7 heteroatoms. The molecule has 1 N–H and O–H groups in total. The van der Waals surface area contributed by atoms with Gasteiger partial charge in [-0.3, -0.25) is 9.10 Å². The van der Waals surface area contributed by atoms with E-state index in [0.29, 0.717) is 11.4 Å². The number of nitrogens with zero attached hydrogens (tertiary/aromatic N) is 1. The van der Waals surface area contributed by atoms with Crippen molar-refractivity contribution in [1.82, 2.24) is 5.32 Å². The maximum atomic E-state index is 12.5. The van der Waals surface area contributed by atoms with Crippen LogP contribution in [-0.2, 0) is 21.2 Å². The first-order valence-corrected chi connectivity index (χ1v) is 10.6. The Kier molecular flexibility index (Phi) is 6.85. The van der Waals surface area contributed by atoms with Gasteiger partial charge in [-0.25, -0.2) is 8.42 Å². The van der Waals surface area contributed by atoms with Crippen LogP contribution in [-0.4, -0.2) is 34.2 Å². The third-order valence-electron chi connectivity index (χ3n) is 4.31. The van der Waals surface area contributed by atoms with E-state index in [1.54, 1.807) is 24.3 Å². The summed E-state index contributed by atoms with van der Waals surface area (Å²) in [5.41, 5.74) is 2.51. The zero-order valence-corrected chi connectivity index (χ0v) is 16.9. The monoisotopic (exact) mass is 390 g/mol. The van der Waals surface area contributed by atoms with Crippen molar-refractivity contribution >= 4 is 21.6 Å². The molecule has 6 nitrogen and oxygen atoms in total. The number of carbonyl (C=O) groups is 1. The molecule has 0 aromatic heterocycles. The molecular weight excluding hydrogens is 364 g/mol. The standard InChI is InChI=1S/C20H26N2O4S/c1-5-16-10-12-17(13-11-16)15(2)21-20(23)14-22(27(4,24)25)18-8-6-7-9-19(18)26-3/h6-13,15H,5,14H2,1-4H3,(H,21,23)/t15-/m0/s1. The zero-order chi connectivity index (χ0) is 20.0. The lowest BCUT2D eigenvalue weighted by Crippen LogP contribution is -2.41. The molecule has 2 aromatic rings. The number of sulfonamides is 1. The highest BCUT2D eigenvalue weighted by molar-refractivity contribution is 7.92. The first kappa shape index (κ1) is 20.8. The van der Waals surface area contributed by atoms with Gasteiger partial charge < -0.3 is 10.1 Å². The average Bonchev–Trinajstić information content (AvgIpc) is 2.65. The topological polar surface area (TPSA) is 75.7 Å².